The molecule has 0 radical (unpaired) electrons. The lowest BCUT2D eigenvalue weighted by atomic mass is 9.95. The van der Waals surface area contributed by atoms with E-state index in [0.717, 1.165) is 0 Å². The molecule has 2 aromatic rings. The number of amides is 3. The fourth-order valence-corrected chi connectivity index (χ4v) is 2.94. The Kier molecular flexibility index (Phi) is 5.40. The van der Waals surface area contributed by atoms with Gasteiger partial charge in [-0.15, -0.1) is 0 Å². The normalized spacial score (nSPS) is 16.4. The lowest BCUT2D eigenvalue weighted by Crippen LogP contribution is -2.46. The average Bonchev–Trinajstić information content (AvgIpc) is 2.63. The van der Waals surface area contributed by atoms with Gasteiger partial charge in [-0.25, -0.2) is 9.18 Å². The molecule has 3 amide bonds. The number of allylic oxidation sites excluding steroid dienone is 1. The summed E-state index contributed by atoms with van der Waals surface area (Å²) in [6.45, 7) is 3.97. The summed E-state index contributed by atoms with van der Waals surface area (Å²) in [5.74, 6) is -0.226. The molecule has 2 aromatic carbocycles. The fourth-order valence-electron chi connectivity index (χ4n) is 2.94. The first-order valence-corrected chi connectivity index (χ1v) is 8.56. The number of nitrogens with one attached hydrogen (secondary N) is 3. The van der Waals surface area contributed by atoms with Gasteiger partial charge >= 0.3 is 6.03 Å². The predicted octanol–water partition coefficient (Wildman–Crippen LogP) is 3.49. The van der Waals surface area contributed by atoms with Gasteiger partial charge in [0.15, 0.2) is 0 Å². The van der Waals surface area contributed by atoms with E-state index in [0.29, 0.717) is 34.9 Å². The molecule has 6 nitrogen and oxygen atoms in total. The van der Waals surface area contributed by atoms with Crippen molar-refractivity contribution < 1.29 is 18.7 Å². The minimum atomic E-state index is -0.696. The summed E-state index contributed by atoms with van der Waals surface area (Å²) in [4.78, 5) is 24.9. The van der Waals surface area contributed by atoms with Gasteiger partial charge in [-0.05, 0) is 43.7 Å². The second-order valence-corrected chi connectivity index (χ2v) is 6.00. The van der Waals surface area contributed by atoms with Gasteiger partial charge < -0.3 is 20.7 Å². The summed E-state index contributed by atoms with van der Waals surface area (Å²) in [5.41, 5.74) is 1.90. The summed E-state index contributed by atoms with van der Waals surface area (Å²) < 4.78 is 18.8. The Balaban J connectivity index is 1.93. The summed E-state index contributed by atoms with van der Waals surface area (Å²) in [6, 6.07) is 11.6. The highest BCUT2D eigenvalue weighted by Gasteiger charge is 2.31. The molecule has 1 heterocycles. The molecule has 0 bridgehead atoms. The van der Waals surface area contributed by atoms with E-state index in [4.69, 9.17) is 4.74 Å². The largest absolute Gasteiger partial charge is 0.492 e. The first-order valence-electron chi connectivity index (χ1n) is 8.56. The van der Waals surface area contributed by atoms with Crippen LogP contribution in [0.3, 0.4) is 0 Å². The third kappa shape index (κ3) is 4.08. The van der Waals surface area contributed by atoms with Gasteiger partial charge in [0.05, 0.1) is 23.9 Å². The Labute approximate surface area is 156 Å². The van der Waals surface area contributed by atoms with E-state index in [9.17, 15) is 14.0 Å². The number of hydrogen-bond donors (Lipinski definition) is 3. The number of para-hydroxylation sites is 2. The Bertz CT molecular complexity index is 894. The van der Waals surface area contributed by atoms with Gasteiger partial charge in [0, 0.05) is 5.70 Å². The van der Waals surface area contributed by atoms with E-state index in [2.05, 4.69) is 16.0 Å². The number of carbonyl (C=O) groups is 2. The number of ether oxygens (including phenoxy) is 1. The molecule has 1 aliphatic heterocycles. The summed E-state index contributed by atoms with van der Waals surface area (Å²) in [7, 11) is 0. The maximum Gasteiger partial charge on any atom is 0.319 e. The summed E-state index contributed by atoms with van der Waals surface area (Å²) in [5, 5.41) is 8.16. The van der Waals surface area contributed by atoms with Crippen molar-refractivity contribution in [2.75, 3.05) is 11.9 Å². The average molecular weight is 369 g/mol. The van der Waals surface area contributed by atoms with Crippen LogP contribution < -0.4 is 20.7 Å². The molecule has 3 rings (SSSR count). The number of halogens is 1. The van der Waals surface area contributed by atoms with Gasteiger partial charge in [0.25, 0.3) is 5.91 Å². The maximum absolute atomic E-state index is 13.3. The lowest BCUT2D eigenvalue weighted by molar-refractivity contribution is -0.113. The van der Waals surface area contributed by atoms with Crippen molar-refractivity contribution in [3.8, 4) is 5.75 Å². The SMILES string of the molecule is CCOc1ccccc1NC(=O)C1=C(C)NC(=O)NC1c1ccc(F)cc1. The first-order chi connectivity index (χ1) is 13.0. The van der Waals surface area contributed by atoms with Crippen molar-refractivity contribution in [3.05, 3.63) is 71.2 Å². The van der Waals surface area contributed by atoms with Crippen LogP contribution in [-0.2, 0) is 4.79 Å². The summed E-state index contributed by atoms with van der Waals surface area (Å²) >= 11 is 0. The molecule has 140 valence electrons. The van der Waals surface area contributed by atoms with Gasteiger partial charge in [-0.2, -0.15) is 0 Å². The molecule has 0 saturated heterocycles. The van der Waals surface area contributed by atoms with E-state index >= 15 is 0 Å². The van der Waals surface area contributed by atoms with Gasteiger partial charge in [0.2, 0.25) is 0 Å². The van der Waals surface area contributed by atoms with Crippen LogP contribution in [0, 0.1) is 5.82 Å². The zero-order chi connectivity index (χ0) is 19.4. The monoisotopic (exact) mass is 369 g/mol. The van der Waals surface area contributed by atoms with E-state index in [1.165, 1.54) is 12.1 Å². The maximum atomic E-state index is 13.3. The van der Waals surface area contributed by atoms with Crippen molar-refractivity contribution in [2.45, 2.75) is 19.9 Å². The van der Waals surface area contributed by atoms with Gasteiger partial charge in [-0.1, -0.05) is 24.3 Å². The zero-order valence-corrected chi connectivity index (χ0v) is 15.0. The Morgan fingerprint density at radius 1 is 1.19 bits per heavy atom. The summed E-state index contributed by atoms with van der Waals surface area (Å²) in [6.07, 6.45) is 0. The lowest BCUT2D eigenvalue weighted by Gasteiger charge is -2.28. The fraction of sp³-hybridized carbons (Fsp3) is 0.200. The second kappa shape index (κ2) is 7.90. The van der Waals surface area contributed by atoms with Gasteiger partial charge in [0.1, 0.15) is 11.6 Å². The standard InChI is InChI=1S/C20H20FN3O3/c1-3-27-16-7-5-4-6-15(16)23-19(25)17-12(2)22-20(26)24-18(17)13-8-10-14(21)11-9-13/h4-11,18H,3H2,1-2H3,(H,23,25)(H2,22,24,26). The molecule has 0 aromatic heterocycles. The molecular formula is C20H20FN3O3. The Morgan fingerprint density at radius 2 is 1.89 bits per heavy atom. The predicted molar refractivity (Wildman–Crippen MR) is 99.7 cm³/mol. The van der Waals surface area contributed by atoms with Crippen LogP contribution in [0.2, 0.25) is 0 Å². The highest BCUT2D eigenvalue weighted by Crippen LogP contribution is 2.30. The topological polar surface area (TPSA) is 79.5 Å². The van der Waals surface area contributed by atoms with Crippen LogP contribution in [0.1, 0.15) is 25.5 Å². The molecule has 27 heavy (non-hydrogen) atoms. The minimum Gasteiger partial charge on any atom is -0.492 e. The van der Waals surface area contributed by atoms with E-state index in [-0.39, 0.29) is 5.91 Å². The first kappa shape index (κ1) is 18.4. The van der Waals surface area contributed by atoms with Crippen LogP contribution in [-0.4, -0.2) is 18.5 Å². The number of urea groups is 1. The molecule has 1 unspecified atom stereocenters. The van der Waals surface area contributed by atoms with Crippen LogP contribution in [0.25, 0.3) is 0 Å². The van der Waals surface area contributed by atoms with Crippen molar-refractivity contribution in [3.63, 3.8) is 0 Å². The smallest absolute Gasteiger partial charge is 0.319 e. The van der Waals surface area contributed by atoms with Gasteiger partial charge in [-0.3, -0.25) is 4.79 Å². The molecule has 0 saturated carbocycles. The Morgan fingerprint density at radius 3 is 2.59 bits per heavy atom. The second-order valence-electron chi connectivity index (χ2n) is 6.00. The molecule has 7 heteroatoms. The van der Waals surface area contributed by atoms with E-state index in [1.807, 2.05) is 13.0 Å². The highest BCUT2D eigenvalue weighted by molar-refractivity contribution is 6.07. The van der Waals surface area contributed by atoms with E-state index < -0.39 is 17.9 Å². The molecule has 0 spiro atoms. The molecule has 0 aliphatic carbocycles. The molecular weight excluding hydrogens is 349 g/mol. The zero-order valence-electron chi connectivity index (χ0n) is 15.0. The highest BCUT2D eigenvalue weighted by atomic mass is 19.1. The molecule has 0 fully saturated rings. The van der Waals surface area contributed by atoms with Crippen molar-refractivity contribution >= 4 is 17.6 Å². The minimum absolute atomic E-state index is 0.340. The van der Waals surface area contributed by atoms with Crippen molar-refractivity contribution in [1.29, 1.82) is 0 Å². The third-order valence-corrected chi connectivity index (χ3v) is 4.15. The number of anilines is 1. The van der Waals surface area contributed by atoms with Crippen LogP contribution in [0.15, 0.2) is 59.8 Å². The van der Waals surface area contributed by atoms with E-state index in [1.54, 1.807) is 37.3 Å². The number of benzene rings is 2. The van der Waals surface area contributed by atoms with Crippen molar-refractivity contribution in [1.82, 2.24) is 10.6 Å². The third-order valence-electron chi connectivity index (χ3n) is 4.15. The number of carbonyl (C=O) groups excluding carboxylic acids is 2. The van der Waals surface area contributed by atoms with Crippen LogP contribution in [0.5, 0.6) is 5.75 Å². The van der Waals surface area contributed by atoms with Crippen LogP contribution >= 0.6 is 0 Å². The quantitative estimate of drug-likeness (QED) is 0.755. The van der Waals surface area contributed by atoms with Crippen LogP contribution in [0.4, 0.5) is 14.9 Å². The van der Waals surface area contributed by atoms with Crippen molar-refractivity contribution in [2.24, 2.45) is 0 Å². The molecule has 1 aliphatic rings. The molecule has 1 atom stereocenters. The molecule has 3 N–H and O–H groups in total. The number of hydrogen-bond acceptors (Lipinski definition) is 3. The Hall–Kier alpha value is -3.35. The number of rotatable bonds is 5.